The Bertz CT molecular complexity index is 465. The van der Waals surface area contributed by atoms with E-state index in [0.717, 1.165) is 36.5 Å². The van der Waals surface area contributed by atoms with Gasteiger partial charge in [-0.25, -0.2) is 0 Å². The minimum Gasteiger partial charge on any atom is -0.492 e. The number of rotatable bonds is 10. The van der Waals surface area contributed by atoms with Crippen molar-refractivity contribution in [1.29, 1.82) is 0 Å². The highest BCUT2D eigenvalue weighted by Gasteiger charge is 2.05. The summed E-state index contributed by atoms with van der Waals surface area (Å²) in [7, 11) is 0. The summed E-state index contributed by atoms with van der Waals surface area (Å²) in [4.78, 5) is 2.33. The maximum absolute atomic E-state index is 5.75. The summed E-state index contributed by atoms with van der Waals surface area (Å²) in [6, 6.07) is 19.8. The Labute approximate surface area is 157 Å². The molecule has 0 fully saturated rings. The lowest BCUT2D eigenvalue weighted by molar-refractivity contribution is 0.184. The zero-order chi connectivity index (χ0) is 15.5. The SMILES string of the molecule is Br.BrCCN(CCOc1ccccc1)CCOc1ccccc1. The Kier molecular flexibility index (Phi) is 10.8. The summed E-state index contributed by atoms with van der Waals surface area (Å²) in [5, 5.41) is 0.948. The third kappa shape index (κ3) is 8.39. The van der Waals surface area contributed by atoms with Crippen molar-refractivity contribution in [3.63, 3.8) is 0 Å². The molecule has 0 saturated heterocycles. The molecule has 126 valence electrons. The van der Waals surface area contributed by atoms with E-state index in [1.54, 1.807) is 0 Å². The first kappa shape index (κ1) is 20.0. The van der Waals surface area contributed by atoms with E-state index in [0.29, 0.717) is 13.2 Å². The molecule has 5 heteroatoms. The van der Waals surface area contributed by atoms with Gasteiger partial charge in [0, 0.05) is 25.0 Å². The summed E-state index contributed by atoms with van der Waals surface area (Å²) in [6.45, 7) is 4.12. The van der Waals surface area contributed by atoms with Crippen LogP contribution < -0.4 is 9.47 Å². The predicted octanol–water partition coefficient (Wildman–Crippen LogP) is 4.42. The highest BCUT2D eigenvalue weighted by atomic mass is 79.9. The highest BCUT2D eigenvalue weighted by Crippen LogP contribution is 2.09. The zero-order valence-corrected chi connectivity index (χ0v) is 16.4. The summed E-state index contributed by atoms with van der Waals surface area (Å²) in [5.74, 6) is 1.84. The fraction of sp³-hybridized carbons (Fsp3) is 0.333. The Hall–Kier alpha value is -1.04. The number of hydrogen-bond donors (Lipinski definition) is 0. The van der Waals surface area contributed by atoms with E-state index in [2.05, 4.69) is 20.8 Å². The summed E-state index contributed by atoms with van der Waals surface area (Å²) in [5.41, 5.74) is 0. The topological polar surface area (TPSA) is 21.7 Å². The molecule has 0 heterocycles. The van der Waals surface area contributed by atoms with Gasteiger partial charge in [0.05, 0.1) is 0 Å². The molecule has 2 rings (SSSR count). The molecule has 0 bridgehead atoms. The monoisotopic (exact) mass is 443 g/mol. The maximum Gasteiger partial charge on any atom is 0.119 e. The average Bonchev–Trinajstić information content (AvgIpc) is 2.57. The molecule has 3 nitrogen and oxygen atoms in total. The van der Waals surface area contributed by atoms with Crippen molar-refractivity contribution < 1.29 is 9.47 Å². The van der Waals surface area contributed by atoms with Gasteiger partial charge in [0.25, 0.3) is 0 Å². The van der Waals surface area contributed by atoms with Crippen molar-refractivity contribution in [3.05, 3.63) is 60.7 Å². The van der Waals surface area contributed by atoms with Gasteiger partial charge in [0.2, 0.25) is 0 Å². The van der Waals surface area contributed by atoms with Gasteiger partial charge in [0.15, 0.2) is 0 Å². The van der Waals surface area contributed by atoms with Crippen molar-refractivity contribution in [1.82, 2.24) is 4.90 Å². The summed E-state index contributed by atoms with van der Waals surface area (Å²) >= 11 is 3.50. The second-order valence-electron chi connectivity index (χ2n) is 4.85. The highest BCUT2D eigenvalue weighted by molar-refractivity contribution is 9.09. The number of benzene rings is 2. The van der Waals surface area contributed by atoms with Crippen LogP contribution in [0.3, 0.4) is 0 Å². The lowest BCUT2D eigenvalue weighted by Gasteiger charge is -2.21. The van der Waals surface area contributed by atoms with E-state index in [4.69, 9.17) is 9.47 Å². The molecule has 0 aliphatic carbocycles. The van der Waals surface area contributed by atoms with Gasteiger partial charge >= 0.3 is 0 Å². The normalized spacial score (nSPS) is 10.2. The minimum atomic E-state index is 0. The number of ether oxygens (including phenoxy) is 2. The van der Waals surface area contributed by atoms with Crippen LogP contribution in [0.4, 0.5) is 0 Å². The molecule has 0 radical (unpaired) electrons. The molecular formula is C18H23Br2NO2. The van der Waals surface area contributed by atoms with Gasteiger partial charge in [-0.15, -0.1) is 17.0 Å². The second kappa shape index (κ2) is 12.4. The maximum atomic E-state index is 5.75. The number of nitrogens with zero attached hydrogens (tertiary/aromatic N) is 1. The smallest absolute Gasteiger partial charge is 0.119 e. The molecule has 23 heavy (non-hydrogen) atoms. The Balaban J connectivity index is 0.00000264. The van der Waals surface area contributed by atoms with E-state index in [1.807, 2.05) is 60.7 Å². The van der Waals surface area contributed by atoms with Crippen molar-refractivity contribution in [2.45, 2.75) is 0 Å². The van der Waals surface area contributed by atoms with E-state index in [1.165, 1.54) is 0 Å². The molecule has 2 aromatic carbocycles. The zero-order valence-electron chi connectivity index (χ0n) is 13.1. The van der Waals surface area contributed by atoms with Crippen LogP contribution in [-0.2, 0) is 0 Å². The van der Waals surface area contributed by atoms with Crippen LogP contribution in [-0.4, -0.2) is 43.1 Å². The van der Waals surface area contributed by atoms with Gasteiger partial charge in [-0.2, -0.15) is 0 Å². The molecule has 0 amide bonds. The molecule has 2 aromatic rings. The third-order valence-corrected chi connectivity index (χ3v) is 3.59. The van der Waals surface area contributed by atoms with Crippen LogP contribution >= 0.6 is 32.9 Å². The molecule has 0 aromatic heterocycles. The van der Waals surface area contributed by atoms with Crippen molar-refractivity contribution in [3.8, 4) is 11.5 Å². The summed E-state index contributed by atoms with van der Waals surface area (Å²) in [6.07, 6.45) is 0. The molecule has 0 N–H and O–H groups in total. The fourth-order valence-electron chi connectivity index (χ4n) is 2.07. The van der Waals surface area contributed by atoms with Crippen LogP contribution in [0.25, 0.3) is 0 Å². The first-order chi connectivity index (χ1) is 10.9. The van der Waals surface area contributed by atoms with Crippen LogP contribution in [0.5, 0.6) is 11.5 Å². The van der Waals surface area contributed by atoms with Gasteiger partial charge in [0.1, 0.15) is 24.7 Å². The number of halogens is 2. The molecule has 0 saturated carbocycles. The second-order valence-corrected chi connectivity index (χ2v) is 5.65. The molecule has 0 unspecified atom stereocenters. The van der Waals surface area contributed by atoms with Gasteiger partial charge in [-0.3, -0.25) is 4.90 Å². The van der Waals surface area contributed by atoms with Crippen LogP contribution in [0.2, 0.25) is 0 Å². The lowest BCUT2D eigenvalue weighted by Crippen LogP contribution is -2.33. The number of para-hydroxylation sites is 2. The first-order valence-corrected chi connectivity index (χ1v) is 8.64. The van der Waals surface area contributed by atoms with Crippen molar-refractivity contribution in [2.24, 2.45) is 0 Å². The molecule has 0 aliphatic rings. The Morgan fingerprint density at radius 1 is 0.696 bits per heavy atom. The van der Waals surface area contributed by atoms with Crippen LogP contribution in [0.1, 0.15) is 0 Å². The quantitative estimate of drug-likeness (QED) is 0.506. The predicted molar refractivity (Wildman–Crippen MR) is 104 cm³/mol. The molecule has 0 aliphatic heterocycles. The minimum absolute atomic E-state index is 0. The van der Waals surface area contributed by atoms with Crippen LogP contribution in [0.15, 0.2) is 60.7 Å². The number of hydrogen-bond acceptors (Lipinski definition) is 3. The fourth-order valence-corrected chi connectivity index (χ4v) is 2.58. The third-order valence-electron chi connectivity index (χ3n) is 3.24. The largest absolute Gasteiger partial charge is 0.492 e. The van der Waals surface area contributed by atoms with Crippen molar-refractivity contribution in [2.75, 3.05) is 38.2 Å². The van der Waals surface area contributed by atoms with Crippen molar-refractivity contribution >= 4 is 32.9 Å². The summed E-state index contributed by atoms with van der Waals surface area (Å²) < 4.78 is 11.5. The molecule has 0 atom stereocenters. The standard InChI is InChI=1S/C18H22BrNO2.BrH/c19-11-12-20(13-15-21-17-7-3-1-4-8-17)14-16-22-18-9-5-2-6-10-18;/h1-10H,11-16H2;1H. The van der Waals surface area contributed by atoms with Gasteiger partial charge < -0.3 is 9.47 Å². The number of alkyl halides is 1. The van der Waals surface area contributed by atoms with Crippen LogP contribution in [0, 0.1) is 0 Å². The molecule has 0 spiro atoms. The molecular weight excluding hydrogens is 422 g/mol. The first-order valence-electron chi connectivity index (χ1n) is 7.52. The van der Waals surface area contributed by atoms with E-state index in [9.17, 15) is 0 Å². The Morgan fingerprint density at radius 2 is 1.13 bits per heavy atom. The van der Waals surface area contributed by atoms with E-state index < -0.39 is 0 Å². The average molecular weight is 445 g/mol. The van der Waals surface area contributed by atoms with Gasteiger partial charge in [-0.1, -0.05) is 52.3 Å². The van der Waals surface area contributed by atoms with E-state index in [-0.39, 0.29) is 17.0 Å². The van der Waals surface area contributed by atoms with Gasteiger partial charge in [-0.05, 0) is 24.3 Å². The van der Waals surface area contributed by atoms with E-state index >= 15 is 0 Å². The lowest BCUT2D eigenvalue weighted by atomic mass is 10.3. The Morgan fingerprint density at radius 3 is 1.52 bits per heavy atom.